The van der Waals surface area contributed by atoms with Gasteiger partial charge in [0, 0.05) is 75.1 Å². The van der Waals surface area contributed by atoms with Crippen LogP contribution < -0.4 is 25.4 Å². The van der Waals surface area contributed by atoms with Crippen LogP contribution in [0.4, 0.5) is 4.79 Å². The first-order valence-corrected chi connectivity index (χ1v) is 25.5. The zero-order valence-corrected chi connectivity index (χ0v) is 40.2. The molecule has 3 atom stereocenters. The number of carboxylic acid groups (broad SMARTS) is 1. The van der Waals surface area contributed by atoms with Gasteiger partial charge in [-0.1, -0.05) is 79.2 Å². The van der Waals surface area contributed by atoms with Gasteiger partial charge in [-0.2, -0.15) is 11.8 Å². The van der Waals surface area contributed by atoms with Crippen molar-refractivity contribution in [1.29, 1.82) is 0 Å². The second-order valence-corrected chi connectivity index (χ2v) is 19.7. The molecule has 5 heterocycles. The van der Waals surface area contributed by atoms with Crippen molar-refractivity contribution in [2.75, 3.05) is 12.3 Å². The van der Waals surface area contributed by atoms with E-state index >= 15 is 0 Å². The number of carboxylic acids is 1. The van der Waals surface area contributed by atoms with E-state index in [-0.39, 0.29) is 60.9 Å². The van der Waals surface area contributed by atoms with E-state index in [4.69, 9.17) is 9.47 Å². The maximum atomic E-state index is 14.0. The van der Waals surface area contributed by atoms with Gasteiger partial charge >= 0.3 is 12.0 Å². The van der Waals surface area contributed by atoms with Gasteiger partial charge in [-0.05, 0) is 103 Å². The third kappa shape index (κ3) is 9.45. The van der Waals surface area contributed by atoms with Crippen molar-refractivity contribution < 1.29 is 33.8 Å². The first kappa shape index (κ1) is 46.3. The Labute approximate surface area is 419 Å². The number of pyridine rings is 1. The van der Waals surface area contributed by atoms with Crippen LogP contribution in [0, 0.1) is 0 Å². The zero-order chi connectivity index (χ0) is 49.1. The molecule has 3 unspecified atom stereocenters. The van der Waals surface area contributed by atoms with Gasteiger partial charge in [-0.15, -0.1) is 0 Å². The Kier molecular flexibility index (Phi) is 13.1. The van der Waals surface area contributed by atoms with E-state index in [1.54, 1.807) is 24.3 Å². The number of ketones is 1. The normalized spacial score (nSPS) is 16.2. The van der Waals surface area contributed by atoms with Crippen LogP contribution in [0.5, 0.6) is 11.5 Å². The van der Waals surface area contributed by atoms with Crippen molar-refractivity contribution in [3.63, 3.8) is 0 Å². The van der Waals surface area contributed by atoms with Gasteiger partial charge in [-0.25, -0.2) is 14.6 Å². The number of aromatic carboxylic acids is 1. The molecule has 9 aromatic rings. The Bertz CT molecular complexity index is 3310. The molecule has 0 aliphatic carbocycles. The van der Waals surface area contributed by atoms with Gasteiger partial charge in [0.1, 0.15) is 19.0 Å². The highest BCUT2D eigenvalue weighted by Crippen LogP contribution is 2.37. The van der Waals surface area contributed by atoms with Crippen LogP contribution in [-0.2, 0) is 18.0 Å². The zero-order valence-electron chi connectivity index (χ0n) is 39.4. The maximum Gasteiger partial charge on any atom is 0.358 e. The van der Waals surface area contributed by atoms with Crippen molar-refractivity contribution in [2.24, 2.45) is 0 Å². The van der Waals surface area contributed by atoms with Crippen LogP contribution in [-0.4, -0.2) is 72.5 Å². The number of carbonyl (C=O) groups excluding carboxylic acids is 3. The number of nitrogens with one attached hydrogen (secondary N) is 3. The minimum absolute atomic E-state index is 0.0487. The fraction of sp³-hybridized carbons (Fsp3) is 0.224. The summed E-state index contributed by atoms with van der Waals surface area (Å²) < 4.78 is 17.3. The summed E-state index contributed by atoms with van der Waals surface area (Å²) in [6.07, 6.45) is 4.99. The van der Waals surface area contributed by atoms with Crippen molar-refractivity contribution in [3.8, 4) is 22.9 Å². The van der Waals surface area contributed by atoms with Gasteiger partial charge in [0.05, 0.1) is 34.2 Å². The number of carbonyl (C=O) groups is 4. The number of rotatable bonds is 19. The number of hydrogen-bond donors (Lipinski definition) is 4. The van der Waals surface area contributed by atoms with Gasteiger partial charge < -0.3 is 39.7 Å². The molecule has 2 saturated heterocycles. The molecule has 0 saturated carbocycles. The molecule has 6 aromatic carbocycles. The monoisotopic (exact) mass is 976 g/mol. The summed E-state index contributed by atoms with van der Waals surface area (Å²) in [6.45, 7) is 0.457. The van der Waals surface area contributed by atoms with Crippen molar-refractivity contribution in [3.05, 3.63) is 174 Å². The highest BCUT2D eigenvalue weighted by Gasteiger charge is 2.42. The van der Waals surface area contributed by atoms with E-state index in [1.165, 1.54) is 6.20 Å². The highest BCUT2D eigenvalue weighted by atomic mass is 32.2. The van der Waals surface area contributed by atoms with Crippen LogP contribution >= 0.6 is 11.8 Å². The number of thioether (sulfide) groups is 1. The molecule has 362 valence electrons. The number of benzene rings is 6. The Morgan fingerprint density at radius 1 is 0.667 bits per heavy atom. The Balaban J connectivity index is 0.852. The third-order valence-electron chi connectivity index (χ3n) is 13.7. The molecule has 2 fully saturated rings. The quantitative estimate of drug-likeness (QED) is 0.0350. The molecule has 2 aliphatic heterocycles. The average molecular weight is 977 g/mol. The number of urea groups is 1. The molecule has 14 heteroatoms. The number of unbranched alkanes of at least 4 members (excludes halogenated alkanes) is 1. The van der Waals surface area contributed by atoms with E-state index in [9.17, 15) is 24.3 Å². The minimum Gasteiger partial charge on any atom is -0.489 e. The lowest BCUT2D eigenvalue weighted by Crippen LogP contribution is -2.36. The molecule has 4 N–H and O–H groups in total. The molecule has 0 spiro atoms. The number of hydrogen-bond acceptors (Lipinski definition) is 8. The van der Waals surface area contributed by atoms with Gasteiger partial charge in [-0.3, -0.25) is 9.59 Å². The summed E-state index contributed by atoms with van der Waals surface area (Å²) in [6, 6.07) is 48.9. The molecule has 3 amide bonds. The Morgan fingerprint density at radius 3 is 1.89 bits per heavy atom. The highest BCUT2D eigenvalue weighted by molar-refractivity contribution is 8.00. The van der Waals surface area contributed by atoms with Crippen molar-refractivity contribution >= 4 is 79.1 Å². The lowest BCUT2D eigenvalue weighted by Gasteiger charge is -2.17. The second-order valence-electron chi connectivity index (χ2n) is 18.4. The number of ether oxygens (including phenoxy) is 2. The van der Waals surface area contributed by atoms with Gasteiger partial charge in [0.2, 0.25) is 5.91 Å². The first-order chi connectivity index (χ1) is 35.3. The van der Waals surface area contributed by atoms with Crippen molar-refractivity contribution in [1.82, 2.24) is 30.1 Å². The fourth-order valence-electron chi connectivity index (χ4n) is 10.4. The Morgan fingerprint density at radius 2 is 1.26 bits per heavy atom. The molecule has 0 radical (unpaired) electrons. The molecular weight excluding hydrogens is 925 g/mol. The van der Waals surface area contributed by atoms with E-state index in [0.717, 1.165) is 85.6 Å². The second kappa shape index (κ2) is 20.3. The van der Waals surface area contributed by atoms with Crippen LogP contribution in [0.25, 0.3) is 55.0 Å². The number of nitrogens with zero attached hydrogens (tertiary/aromatic N) is 3. The molecule has 11 rings (SSSR count). The predicted octanol–water partition coefficient (Wildman–Crippen LogP) is 10.9. The largest absolute Gasteiger partial charge is 0.489 e. The van der Waals surface area contributed by atoms with E-state index < -0.39 is 5.97 Å². The van der Waals surface area contributed by atoms with Crippen LogP contribution in [0.2, 0.25) is 0 Å². The number of para-hydroxylation sites is 4. The molecule has 72 heavy (non-hydrogen) atoms. The third-order valence-corrected chi connectivity index (χ3v) is 15.2. The molecular formula is C58H52N6O7S. The summed E-state index contributed by atoms with van der Waals surface area (Å²) in [4.78, 5) is 54.4. The molecule has 13 nitrogen and oxygen atoms in total. The summed E-state index contributed by atoms with van der Waals surface area (Å²) in [5, 5.41) is 23.7. The minimum atomic E-state index is -1.21. The number of fused-ring (bicyclic) bond motifs is 7. The molecule has 3 aromatic heterocycles. The standard InChI is InChI=1S/C58H52N6O7S/c65-51(21-11-25-59-54(66)24-10-9-23-53-55-46(35-72-53)61-58(69)62-55)38-27-36(34-71-52-22-12-26-60-56(52)57(67)68)30-41(31-38)70-33-37-28-39(63-47-17-5-1-13-42(47)43-14-2-6-18-48(43)63)32-40(29-37)64-49-19-7-3-15-44(49)45-16-4-8-20-50(45)64/h1-8,12-20,22,26-32,46,53,55H,9-11,21,23-25,33-35H2,(H,59,66)(H,67,68)(H2,61,62,69). The summed E-state index contributed by atoms with van der Waals surface area (Å²) in [5.41, 5.74) is 7.91. The Hall–Kier alpha value is -8.10. The first-order valence-electron chi connectivity index (χ1n) is 24.4. The number of Topliss-reactive ketones (excluding diaryl/α,β-unsaturated/α-hetero) is 1. The smallest absolute Gasteiger partial charge is 0.358 e. The molecule has 2 aliphatic rings. The van der Waals surface area contributed by atoms with E-state index in [1.807, 2.05) is 17.8 Å². The van der Waals surface area contributed by atoms with Gasteiger partial charge in [0.15, 0.2) is 17.2 Å². The van der Waals surface area contributed by atoms with E-state index in [2.05, 4.69) is 145 Å². The summed E-state index contributed by atoms with van der Waals surface area (Å²) >= 11 is 1.87. The van der Waals surface area contributed by atoms with Crippen molar-refractivity contribution in [2.45, 2.75) is 69.1 Å². The molecule has 0 bridgehead atoms. The topological polar surface area (TPSA) is 166 Å². The van der Waals surface area contributed by atoms with Crippen LogP contribution in [0.1, 0.15) is 70.5 Å². The van der Waals surface area contributed by atoms with Crippen LogP contribution in [0.3, 0.4) is 0 Å². The average Bonchev–Trinajstić information content (AvgIpc) is 4.16. The fourth-order valence-corrected chi connectivity index (χ4v) is 11.9. The SMILES string of the molecule is O=C(CCCCC1SCC2NC(=O)NC21)NCCCC(=O)c1cc(COc2cccnc2C(=O)O)cc(OCc2cc(-n3c4ccccc4c4ccccc43)cc(-n3c4ccccc4c4ccccc43)c2)c1. The van der Waals surface area contributed by atoms with Crippen LogP contribution in [0.15, 0.2) is 152 Å². The number of aromatic nitrogens is 3. The summed E-state index contributed by atoms with van der Waals surface area (Å²) in [5.74, 6) is 0.0514. The van der Waals surface area contributed by atoms with E-state index in [0.29, 0.717) is 41.5 Å². The summed E-state index contributed by atoms with van der Waals surface area (Å²) in [7, 11) is 0. The maximum absolute atomic E-state index is 14.0. The predicted molar refractivity (Wildman–Crippen MR) is 282 cm³/mol. The lowest BCUT2D eigenvalue weighted by molar-refractivity contribution is -0.121. The van der Waals surface area contributed by atoms with Gasteiger partial charge in [0.25, 0.3) is 0 Å². The lowest BCUT2D eigenvalue weighted by atomic mass is 10.0. The number of amides is 3.